The van der Waals surface area contributed by atoms with Crippen molar-refractivity contribution in [2.45, 2.75) is 6.92 Å². The lowest BCUT2D eigenvalue weighted by Gasteiger charge is -2.17. The van der Waals surface area contributed by atoms with Crippen molar-refractivity contribution < 1.29 is 37.7 Å². The van der Waals surface area contributed by atoms with Gasteiger partial charge in [0.15, 0.2) is 23.0 Å². The molecule has 0 aliphatic rings. The number of hydrogen-bond donors (Lipinski definition) is 4. The number of aromatic nitrogens is 2. The molecule has 13 nitrogen and oxygen atoms in total. The number of nitrogens with zero attached hydrogens (tertiary/aromatic N) is 2. The number of para-hydroxylation sites is 2. The van der Waals surface area contributed by atoms with Crippen LogP contribution in [0.15, 0.2) is 79.1 Å². The van der Waals surface area contributed by atoms with E-state index in [9.17, 15) is 14.0 Å². The van der Waals surface area contributed by atoms with E-state index in [-0.39, 0.29) is 16.9 Å². The summed E-state index contributed by atoms with van der Waals surface area (Å²) in [6.07, 6.45) is 2.84. The van der Waals surface area contributed by atoms with Crippen molar-refractivity contribution in [3.8, 4) is 28.7 Å². The van der Waals surface area contributed by atoms with Gasteiger partial charge < -0.3 is 45.8 Å². The summed E-state index contributed by atoms with van der Waals surface area (Å²) in [5.74, 6) is 1.14. The number of carbonyl (C=O) groups excluding carboxylic acids is 2. The van der Waals surface area contributed by atoms with Gasteiger partial charge in [-0.15, -0.1) is 0 Å². The molecule has 0 aliphatic heterocycles. The van der Waals surface area contributed by atoms with Crippen molar-refractivity contribution in [2.24, 2.45) is 11.5 Å². The Labute approximate surface area is 298 Å². The van der Waals surface area contributed by atoms with Crippen molar-refractivity contribution in [3.63, 3.8) is 0 Å². The summed E-state index contributed by atoms with van der Waals surface area (Å²) in [7, 11) is 7.72. The number of nitrogens with two attached hydrogens (primary N) is 2. The number of ether oxygens (including phenoxy) is 5. The molecule has 0 fully saturated rings. The van der Waals surface area contributed by atoms with Gasteiger partial charge in [0, 0.05) is 41.0 Å². The molecule has 0 saturated heterocycles. The van der Waals surface area contributed by atoms with Crippen molar-refractivity contribution in [1.82, 2.24) is 9.97 Å². The van der Waals surface area contributed by atoms with Gasteiger partial charge in [0.25, 0.3) is 11.8 Å². The average Bonchev–Trinajstić information content (AvgIpc) is 3.15. The lowest BCUT2D eigenvalue weighted by molar-refractivity contribution is 0.0992. The van der Waals surface area contributed by atoms with Crippen molar-refractivity contribution >= 4 is 56.4 Å². The summed E-state index contributed by atoms with van der Waals surface area (Å²) in [5.41, 5.74) is 15.8. The highest BCUT2D eigenvalue weighted by molar-refractivity contribution is 6.09. The third-order valence-corrected chi connectivity index (χ3v) is 8.09. The van der Waals surface area contributed by atoms with E-state index >= 15 is 0 Å². The van der Waals surface area contributed by atoms with E-state index in [1.807, 2.05) is 24.3 Å². The SMILES string of the molecule is COc1cc2ncc(C(N)=O)c(Nc3ccc(F)cc3C)c2cc1OC.COc1ccccc1Nc1c(C(N)=O)cnc2cc(OC)c(OC)cc12. The maximum atomic E-state index is 13.4. The number of aryl methyl sites for hydroxylation is 1. The predicted octanol–water partition coefficient (Wildman–Crippen LogP) is 6.65. The molecule has 2 aromatic heterocycles. The Morgan fingerprint density at radius 1 is 0.596 bits per heavy atom. The average molecular weight is 709 g/mol. The summed E-state index contributed by atoms with van der Waals surface area (Å²) >= 11 is 0. The quantitative estimate of drug-likeness (QED) is 0.113. The second kappa shape index (κ2) is 15.8. The summed E-state index contributed by atoms with van der Waals surface area (Å²) in [6.45, 7) is 1.77. The number of amides is 2. The molecule has 4 aromatic carbocycles. The fraction of sp³-hybridized carbons (Fsp3) is 0.158. The van der Waals surface area contributed by atoms with Crippen LogP contribution >= 0.6 is 0 Å². The number of carbonyl (C=O) groups is 2. The number of fused-ring (bicyclic) bond motifs is 2. The largest absolute Gasteiger partial charge is 0.495 e. The van der Waals surface area contributed by atoms with Crippen LogP contribution in [-0.2, 0) is 0 Å². The van der Waals surface area contributed by atoms with E-state index in [0.29, 0.717) is 78.9 Å². The normalized spacial score (nSPS) is 10.5. The maximum absolute atomic E-state index is 13.4. The minimum atomic E-state index is -0.628. The molecule has 6 aromatic rings. The van der Waals surface area contributed by atoms with E-state index in [1.54, 1.807) is 58.6 Å². The fourth-order valence-corrected chi connectivity index (χ4v) is 5.47. The molecule has 6 N–H and O–H groups in total. The van der Waals surface area contributed by atoms with Crippen LogP contribution in [0.5, 0.6) is 28.7 Å². The lowest BCUT2D eigenvalue weighted by Crippen LogP contribution is -2.14. The Hall–Kier alpha value is -6.83. The van der Waals surface area contributed by atoms with Gasteiger partial charge in [0.2, 0.25) is 0 Å². The van der Waals surface area contributed by atoms with Gasteiger partial charge in [-0.2, -0.15) is 0 Å². The molecule has 0 unspecified atom stereocenters. The Kier molecular flexibility index (Phi) is 11.1. The van der Waals surface area contributed by atoms with E-state index in [1.165, 1.54) is 38.7 Å². The Bertz CT molecular complexity index is 2300. The molecule has 0 saturated carbocycles. The van der Waals surface area contributed by atoms with E-state index in [4.69, 9.17) is 35.2 Å². The zero-order valence-electron chi connectivity index (χ0n) is 29.3. The van der Waals surface area contributed by atoms with Gasteiger partial charge in [-0.1, -0.05) is 12.1 Å². The number of methoxy groups -OCH3 is 5. The van der Waals surface area contributed by atoms with Crippen LogP contribution in [0, 0.1) is 12.7 Å². The molecule has 0 radical (unpaired) electrons. The first kappa shape index (κ1) is 36.5. The molecular formula is C38H37FN6O7. The zero-order chi connectivity index (χ0) is 37.5. The van der Waals surface area contributed by atoms with Crippen LogP contribution in [0.3, 0.4) is 0 Å². The number of rotatable bonds is 11. The standard InChI is InChI=1S/C19H18FN3O3.C19H19N3O4/c1-10-6-11(20)4-5-14(10)23-18-12-7-16(25-2)17(26-3)8-15(12)22-9-13(18)19(21)24;1-24-15-7-5-4-6-13(15)22-18-11-8-16(25-2)17(26-3)9-14(11)21-10-12(18)19(20)23/h4-9H,1-3H3,(H2,21,24)(H,22,23);4-10H,1-3H3,(H2,20,23)(H,21,22). The van der Waals surface area contributed by atoms with Crippen LogP contribution < -0.4 is 45.8 Å². The molecule has 14 heteroatoms. The van der Waals surface area contributed by atoms with Gasteiger partial charge in [0.05, 0.1) is 74.8 Å². The van der Waals surface area contributed by atoms with Crippen LogP contribution in [0.4, 0.5) is 27.1 Å². The Morgan fingerprint density at radius 3 is 1.48 bits per heavy atom. The molecule has 0 spiro atoms. The lowest BCUT2D eigenvalue weighted by atomic mass is 10.1. The Morgan fingerprint density at radius 2 is 1.04 bits per heavy atom. The van der Waals surface area contributed by atoms with Crippen molar-refractivity contribution in [1.29, 1.82) is 0 Å². The van der Waals surface area contributed by atoms with Gasteiger partial charge >= 0.3 is 0 Å². The molecule has 2 heterocycles. The highest BCUT2D eigenvalue weighted by atomic mass is 19.1. The number of halogens is 1. The summed E-state index contributed by atoms with van der Waals surface area (Å²) in [5, 5.41) is 7.72. The summed E-state index contributed by atoms with van der Waals surface area (Å²) in [6, 6.07) is 18.7. The van der Waals surface area contributed by atoms with Gasteiger partial charge in [0.1, 0.15) is 11.6 Å². The molecule has 2 amide bonds. The number of hydrogen-bond acceptors (Lipinski definition) is 11. The van der Waals surface area contributed by atoms with Crippen molar-refractivity contribution in [2.75, 3.05) is 46.2 Å². The first-order valence-corrected chi connectivity index (χ1v) is 15.7. The number of primary amides is 2. The highest BCUT2D eigenvalue weighted by Gasteiger charge is 2.19. The molecule has 0 aliphatic carbocycles. The number of anilines is 4. The molecule has 52 heavy (non-hydrogen) atoms. The molecule has 268 valence electrons. The van der Waals surface area contributed by atoms with E-state index in [2.05, 4.69) is 20.6 Å². The minimum absolute atomic E-state index is 0.216. The van der Waals surface area contributed by atoms with E-state index < -0.39 is 11.8 Å². The van der Waals surface area contributed by atoms with Crippen molar-refractivity contribution in [3.05, 3.63) is 102 Å². The topological polar surface area (TPSA) is 182 Å². The minimum Gasteiger partial charge on any atom is -0.495 e. The zero-order valence-corrected chi connectivity index (χ0v) is 29.3. The molecule has 0 bridgehead atoms. The Balaban J connectivity index is 0.000000201. The monoisotopic (exact) mass is 708 g/mol. The number of pyridine rings is 2. The third-order valence-electron chi connectivity index (χ3n) is 8.09. The number of nitrogens with one attached hydrogen (secondary N) is 2. The van der Waals surface area contributed by atoms with Gasteiger partial charge in [-0.25, -0.2) is 4.39 Å². The second-order valence-corrected chi connectivity index (χ2v) is 11.2. The predicted molar refractivity (Wildman–Crippen MR) is 197 cm³/mol. The molecular weight excluding hydrogens is 671 g/mol. The van der Waals surface area contributed by atoms with Crippen LogP contribution in [0.2, 0.25) is 0 Å². The highest BCUT2D eigenvalue weighted by Crippen LogP contribution is 2.39. The first-order valence-electron chi connectivity index (χ1n) is 15.7. The summed E-state index contributed by atoms with van der Waals surface area (Å²) in [4.78, 5) is 32.5. The van der Waals surface area contributed by atoms with Crippen LogP contribution in [-0.4, -0.2) is 57.3 Å². The smallest absolute Gasteiger partial charge is 0.252 e. The summed E-state index contributed by atoms with van der Waals surface area (Å²) < 4.78 is 40.1. The number of benzene rings is 4. The van der Waals surface area contributed by atoms with Gasteiger partial charge in [-0.3, -0.25) is 19.6 Å². The van der Waals surface area contributed by atoms with Crippen LogP contribution in [0.1, 0.15) is 26.3 Å². The maximum Gasteiger partial charge on any atom is 0.252 e. The fourth-order valence-electron chi connectivity index (χ4n) is 5.47. The second-order valence-electron chi connectivity index (χ2n) is 11.2. The first-order chi connectivity index (χ1) is 25.0. The third kappa shape index (κ3) is 7.50. The van der Waals surface area contributed by atoms with E-state index in [0.717, 1.165) is 0 Å². The van der Waals surface area contributed by atoms with Crippen LogP contribution in [0.25, 0.3) is 21.8 Å². The molecule has 0 atom stereocenters. The van der Waals surface area contributed by atoms with Gasteiger partial charge in [-0.05, 0) is 55.0 Å². The molecule has 6 rings (SSSR count).